The SMILES string of the molecule is Cc1c(C(=O)N2CCOC(CO)C2)sc2nc[nH]c(=O)c12. The van der Waals surface area contributed by atoms with E-state index in [1.165, 1.54) is 17.7 Å². The molecule has 3 heterocycles. The maximum atomic E-state index is 12.6. The molecule has 7 nitrogen and oxygen atoms in total. The van der Waals surface area contributed by atoms with Gasteiger partial charge < -0.3 is 19.7 Å². The summed E-state index contributed by atoms with van der Waals surface area (Å²) in [7, 11) is 0. The summed E-state index contributed by atoms with van der Waals surface area (Å²) < 4.78 is 5.34. The number of amides is 1. The Morgan fingerprint density at radius 2 is 2.48 bits per heavy atom. The first-order valence-corrected chi connectivity index (χ1v) is 7.42. The van der Waals surface area contributed by atoms with Crippen molar-refractivity contribution in [3.8, 4) is 0 Å². The van der Waals surface area contributed by atoms with E-state index in [0.29, 0.717) is 40.4 Å². The number of carbonyl (C=O) groups excluding carboxylic acids is 1. The number of carbonyl (C=O) groups is 1. The highest BCUT2D eigenvalue weighted by Gasteiger charge is 2.27. The van der Waals surface area contributed by atoms with Crippen LogP contribution in [0, 0.1) is 6.92 Å². The highest BCUT2D eigenvalue weighted by atomic mass is 32.1. The highest BCUT2D eigenvalue weighted by molar-refractivity contribution is 7.20. The van der Waals surface area contributed by atoms with Crippen molar-refractivity contribution in [2.45, 2.75) is 13.0 Å². The zero-order valence-electron chi connectivity index (χ0n) is 11.5. The minimum absolute atomic E-state index is 0.115. The molecule has 1 atom stereocenters. The molecule has 1 unspecified atom stereocenters. The van der Waals surface area contributed by atoms with Crippen molar-refractivity contribution in [1.82, 2.24) is 14.9 Å². The Kier molecular flexibility index (Phi) is 3.75. The number of nitrogens with zero attached hydrogens (tertiary/aromatic N) is 2. The number of rotatable bonds is 2. The van der Waals surface area contributed by atoms with Crippen LogP contribution in [0.15, 0.2) is 11.1 Å². The summed E-state index contributed by atoms with van der Waals surface area (Å²) in [6, 6.07) is 0. The Bertz CT molecular complexity index is 739. The van der Waals surface area contributed by atoms with Crippen LogP contribution >= 0.6 is 11.3 Å². The number of aryl methyl sites for hydroxylation is 1. The molecule has 1 aliphatic heterocycles. The van der Waals surface area contributed by atoms with Crippen molar-refractivity contribution in [2.24, 2.45) is 0 Å². The number of fused-ring (bicyclic) bond motifs is 1. The second kappa shape index (κ2) is 5.55. The molecular formula is C13H15N3O4S. The number of aromatic nitrogens is 2. The summed E-state index contributed by atoms with van der Waals surface area (Å²) in [5.74, 6) is -0.142. The van der Waals surface area contributed by atoms with Gasteiger partial charge in [0, 0.05) is 13.1 Å². The van der Waals surface area contributed by atoms with Crippen LogP contribution in [0.5, 0.6) is 0 Å². The molecule has 3 rings (SSSR count). The lowest BCUT2D eigenvalue weighted by molar-refractivity contribution is -0.0446. The van der Waals surface area contributed by atoms with Gasteiger partial charge in [-0.1, -0.05) is 0 Å². The van der Waals surface area contributed by atoms with Gasteiger partial charge in [-0.05, 0) is 12.5 Å². The summed E-state index contributed by atoms with van der Waals surface area (Å²) in [6.07, 6.45) is 0.990. The summed E-state index contributed by atoms with van der Waals surface area (Å²) in [6.45, 7) is 2.88. The molecule has 1 amide bonds. The van der Waals surface area contributed by atoms with Crippen molar-refractivity contribution in [1.29, 1.82) is 0 Å². The van der Waals surface area contributed by atoms with Gasteiger partial charge in [0.25, 0.3) is 11.5 Å². The number of hydrogen-bond donors (Lipinski definition) is 2. The van der Waals surface area contributed by atoms with E-state index in [4.69, 9.17) is 9.84 Å². The van der Waals surface area contributed by atoms with Crippen LogP contribution in [0.25, 0.3) is 10.2 Å². The summed E-state index contributed by atoms with van der Waals surface area (Å²) in [5.41, 5.74) is 0.421. The molecule has 0 spiro atoms. The van der Waals surface area contributed by atoms with E-state index in [-0.39, 0.29) is 24.2 Å². The fourth-order valence-electron chi connectivity index (χ4n) is 2.44. The Morgan fingerprint density at radius 3 is 3.19 bits per heavy atom. The zero-order chi connectivity index (χ0) is 15.0. The summed E-state index contributed by atoms with van der Waals surface area (Å²) >= 11 is 1.22. The molecule has 0 bridgehead atoms. The van der Waals surface area contributed by atoms with Crippen LogP contribution < -0.4 is 5.56 Å². The number of aromatic amines is 1. The van der Waals surface area contributed by atoms with Crippen LogP contribution in [0.2, 0.25) is 0 Å². The maximum Gasteiger partial charge on any atom is 0.264 e. The average Bonchev–Trinajstić information content (AvgIpc) is 2.85. The Labute approximate surface area is 124 Å². The van der Waals surface area contributed by atoms with E-state index >= 15 is 0 Å². The van der Waals surface area contributed by atoms with Crippen LogP contribution in [0.3, 0.4) is 0 Å². The number of morpholine rings is 1. The molecule has 2 aromatic heterocycles. The molecule has 112 valence electrons. The standard InChI is InChI=1S/C13H15N3O4S/c1-7-9-11(18)14-6-15-12(9)21-10(7)13(19)16-2-3-20-8(4-16)5-17/h6,8,17H,2-5H2,1H3,(H,14,15,18). The number of thiophene rings is 1. The van der Waals surface area contributed by atoms with E-state index in [9.17, 15) is 9.59 Å². The third-order valence-electron chi connectivity index (χ3n) is 3.56. The lowest BCUT2D eigenvalue weighted by Gasteiger charge is -2.31. The third kappa shape index (κ3) is 2.45. The van der Waals surface area contributed by atoms with E-state index in [1.807, 2.05) is 0 Å². The highest BCUT2D eigenvalue weighted by Crippen LogP contribution is 2.28. The molecule has 21 heavy (non-hydrogen) atoms. The van der Waals surface area contributed by atoms with Gasteiger partial charge in [0.1, 0.15) is 4.83 Å². The number of aliphatic hydroxyl groups excluding tert-OH is 1. The molecule has 1 saturated heterocycles. The van der Waals surface area contributed by atoms with Crippen LogP contribution in [0.4, 0.5) is 0 Å². The Balaban J connectivity index is 1.97. The molecule has 2 N–H and O–H groups in total. The van der Waals surface area contributed by atoms with Gasteiger partial charge in [-0.3, -0.25) is 9.59 Å². The first-order valence-electron chi connectivity index (χ1n) is 6.60. The van der Waals surface area contributed by atoms with Gasteiger partial charge >= 0.3 is 0 Å². The van der Waals surface area contributed by atoms with Gasteiger partial charge in [0.05, 0.1) is 35.9 Å². The molecule has 1 fully saturated rings. The van der Waals surface area contributed by atoms with E-state index in [2.05, 4.69) is 9.97 Å². The fraction of sp³-hybridized carbons (Fsp3) is 0.462. The van der Waals surface area contributed by atoms with Gasteiger partial charge in [0.15, 0.2) is 0 Å². The van der Waals surface area contributed by atoms with Crippen LogP contribution in [-0.2, 0) is 4.74 Å². The van der Waals surface area contributed by atoms with Crippen molar-refractivity contribution in [2.75, 3.05) is 26.3 Å². The summed E-state index contributed by atoms with van der Waals surface area (Å²) in [4.78, 5) is 33.8. The smallest absolute Gasteiger partial charge is 0.264 e. The van der Waals surface area contributed by atoms with Crippen LogP contribution in [-0.4, -0.2) is 58.3 Å². The second-order valence-corrected chi connectivity index (χ2v) is 5.89. The van der Waals surface area contributed by atoms with Crippen molar-refractivity contribution >= 4 is 27.5 Å². The lowest BCUT2D eigenvalue weighted by Crippen LogP contribution is -2.46. The first-order chi connectivity index (χ1) is 10.1. The number of hydrogen-bond acceptors (Lipinski definition) is 6. The molecule has 0 radical (unpaired) electrons. The van der Waals surface area contributed by atoms with Crippen molar-refractivity contribution < 1.29 is 14.6 Å². The van der Waals surface area contributed by atoms with Gasteiger partial charge in [0.2, 0.25) is 0 Å². The van der Waals surface area contributed by atoms with Gasteiger partial charge in [-0.15, -0.1) is 11.3 Å². The van der Waals surface area contributed by atoms with Gasteiger partial charge in [-0.25, -0.2) is 4.98 Å². The maximum absolute atomic E-state index is 12.6. The zero-order valence-corrected chi connectivity index (χ0v) is 12.3. The predicted molar refractivity (Wildman–Crippen MR) is 77.7 cm³/mol. The Hall–Kier alpha value is -1.77. The van der Waals surface area contributed by atoms with Crippen molar-refractivity contribution in [3.05, 3.63) is 27.1 Å². The average molecular weight is 309 g/mol. The fourth-order valence-corrected chi connectivity index (χ4v) is 3.56. The topological polar surface area (TPSA) is 95.5 Å². The number of nitrogens with one attached hydrogen (secondary N) is 1. The second-order valence-electron chi connectivity index (χ2n) is 4.89. The summed E-state index contributed by atoms with van der Waals surface area (Å²) in [5, 5.41) is 9.62. The normalized spacial score (nSPS) is 19.1. The van der Waals surface area contributed by atoms with Crippen LogP contribution in [0.1, 0.15) is 15.2 Å². The molecule has 1 aliphatic rings. The molecule has 0 saturated carbocycles. The lowest BCUT2D eigenvalue weighted by atomic mass is 10.2. The number of H-pyrrole nitrogens is 1. The molecule has 0 aliphatic carbocycles. The van der Waals surface area contributed by atoms with Gasteiger partial charge in [-0.2, -0.15) is 0 Å². The molecular weight excluding hydrogens is 294 g/mol. The minimum Gasteiger partial charge on any atom is -0.394 e. The largest absolute Gasteiger partial charge is 0.394 e. The number of ether oxygens (including phenoxy) is 1. The monoisotopic (exact) mass is 309 g/mol. The Morgan fingerprint density at radius 1 is 1.67 bits per heavy atom. The minimum atomic E-state index is -0.348. The van der Waals surface area contributed by atoms with E-state index < -0.39 is 0 Å². The molecule has 8 heteroatoms. The van der Waals surface area contributed by atoms with E-state index in [1.54, 1.807) is 11.8 Å². The van der Waals surface area contributed by atoms with E-state index in [0.717, 1.165) is 0 Å². The predicted octanol–water partition coefficient (Wildman–Crippen LogP) is 0.126. The molecule has 0 aromatic carbocycles. The number of aliphatic hydroxyl groups is 1. The third-order valence-corrected chi connectivity index (χ3v) is 4.74. The molecule has 2 aromatic rings. The van der Waals surface area contributed by atoms with Crippen molar-refractivity contribution in [3.63, 3.8) is 0 Å². The quantitative estimate of drug-likeness (QED) is 0.822. The first kappa shape index (κ1) is 14.2.